The summed E-state index contributed by atoms with van der Waals surface area (Å²) in [6.07, 6.45) is 0.706. The fourth-order valence-corrected chi connectivity index (χ4v) is 4.44. The summed E-state index contributed by atoms with van der Waals surface area (Å²) in [5, 5.41) is 5.77. The summed E-state index contributed by atoms with van der Waals surface area (Å²) in [5.41, 5.74) is 7.46. The molecule has 0 aliphatic carbocycles. The van der Waals surface area contributed by atoms with Crippen LogP contribution in [-0.2, 0) is 23.0 Å². The van der Waals surface area contributed by atoms with Gasteiger partial charge in [-0.2, -0.15) is 11.3 Å². The van der Waals surface area contributed by atoms with E-state index in [2.05, 4.69) is 4.72 Å². The molecule has 0 atom stereocenters. The zero-order chi connectivity index (χ0) is 13.0. The number of hydrogen-bond acceptors (Lipinski definition) is 5. The summed E-state index contributed by atoms with van der Waals surface area (Å²) in [7, 11) is -3.39. The lowest BCUT2D eigenvalue weighted by atomic mass is 10.2. The number of nitrogens with two attached hydrogens (primary N) is 1. The summed E-state index contributed by atoms with van der Waals surface area (Å²) < 4.78 is 26.8. The molecule has 0 aliphatic heterocycles. The van der Waals surface area contributed by atoms with E-state index in [0.717, 1.165) is 11.1 Å². The van der Waals surface area contributed by atoms with E-state index in [1.807, 2.05) is 16.8 Å². The van der Waals surface area contributed by atoms with Crippen LogP contribution < -0.4 is 10.5 Å². The van der Waals surface area contributed by atoms with E-state index in [-0.39, 0.29) is 0 Å². The average molecular weight is 302 g/mol. The van der Waals surface area contributed by atoms with Gasteiger partial charge in [0.15, 0.2) is 0 Å². The molecule has 0 aliphatic rings. The fraction of sp³-hybridized carbons (Fsp3) is 0.273. The highest BCUT2D eigenvalue weighted by molar-refractivity contribution is 7.91. The second-order valence-corrected chi connectivity index (χ2v) is 7.44. The van der Waals surface area contributed by atoms with Crippen molar-refractivity contribution in [2.24, 2.45) is 5.73 Å². The van der Waals surface area contributed by atoms with Gasteiger partial charge < -0.3 is 5.73 Å². The molecule has 0 fully saturated rings. The third kappa shape index (κ3) is 3.39. The van der Waals surface area contributed by atoms with Crippen LogP contribution in [0.3, 0.4) is 0 Å². The second-order valence-electron chi connectivity index (χ2n) is 3.76. The normalized spacial score (nSPS) is 11.8. The zero-order valence-electron chi connectivity index (χ0n) is 9.63. The Kier molecular flexibility index (Phi) is 4.52. The maximum absolute atomic E-state index is 12.0. The Hall–Kier alpha value is -0.730. The molecule has 2 aromatic heterocycles. The summed E-state index contributed by atoms with van der Waals surface area (Å²) in [5.74, 6) is 0. The molecular formula is C11H14N2O2S3. The molecule has 0 radical (unpaired) electrons. The highest BCUT2D eigenvalue weighted by Gasteiger charge is 2.15. The molecule has 0 saturated carbocycles. The van der Waals surface area contributed by atoms with Crippen LogP contribution in [0.25, 0.3) is 0 Å². The van der Waals surface area contributed by atoms with Gasteiger partial charge >= 0.3 is 0 Å². The first-order valence-electron chi connectivity index (χ1n) is 5.40. The van der Waals surface area contributed by atoms with Crippen LogP contribution in [0.15, 0.2) is 32.5 Å². The lowest BCUT2D eigenvalue weighted by Gasteiger charge is -2.03. The van der Waals surface area contributed by atoms with Crippen LogP contribution in [0.4, 0.5) is 0 Å². The molecule has 0 unspecified atom stereocenters. The van der Waals surface area contributed by atoms with Gasteiger partial charge in [0.2, 0.25) is 10.0 Å². The number of thiophene rings is 2. The molecule has 18 heavy (non-hydrogen) atoms. The molecule has 0 amide bonds. The first-order valence-corrected chi connectivity index (χ1v) is 8.70. The Bertz CT molecular complexity index is 588. The van der Waals surface area contributed by atoms with Gasteiger partial charge in [0.05, 0.1) is 0 Å². The molecule has 7 heteroatoms. The Labute approximate surface area is 115 Å². The topological polar surface area (TPSA) is 72.2 Å². The standard InChI is InChI=1S/C11H14N2O2S3/c12-6-10-5-11(17-8-10)18(14,15)13-3-1-9-2-4-16-7-9/h2,4-5,7-8,13H,1,3,6,12H2. The van der Waals surface area contributed by atoms with Crippen LogP contribution in [0.2, 0.25) is 0 Å². The Morgan fingerprint density at radius 3 is 2.72 bits per heavy atom. The number of sulfonamides is 1. The van der Waals surface area contributed by atoms with Crippen molar-refractivity contribution in [3.8, 4) is 0 Å². The number of hydrogen-bond donors (Lipinski definition) is 2. The molecular weight excluding hydrogens is 288 g/mol. The zero-order valence-corrected chi connectivity index (χ0v) is 12.1. The molecule has 0 bridgehead atoms. The summed E-state index contributed by atoms with van der Waals surface area (Å²) >= 11 is 2.81. The quantitative estimate of drug-likeness (QED) is 0.854. The SMILES string of the molecule is NCc1csc(S(=O)(=O)NCCc2ccsc2)c1. The number of rotatable bonds is 6. The fourth-order valence-electron chi connectivity index (χ4n) is 1.44. The van der Waals surface area contributed by atoms with Crippen molar-refractivity contribution >= 4 is 32.7 Å². The molecule has 2 heterocycles. The van der Waals surface area contributed by atoms with Gasteiger partial charge in [-0.1, -0.05) is 0 Å². The van der Waals surface area contributed by atoms with E-state index in [0.29, 0.717) is 23.7 Å². The van der Waals surface area contributed by atoms with E-state index < -0.39 is 10.0 Å². The lowest BCUT2D eigenvalue weighted by molar-refractivity contribution is 0.583. The van der Waals surface area contributed by atoms with Gasteiger partial charge in [0.25, 0.3) is 0 Å². The summed E-state index contributed by atoms with van der Waals surface area (Å²) in [4.78, 5) is 0. The Balaban J connectivity index is 1.95. The van der Waals surface area contributed by atoms with E-state index in [1.165, 1.54) is 11.3 Å². The van der Waals surface area contributed by atoms with Crippen LogP contribution in [0, 0.1) is 0 Å². The highest BCUT2D eigenvalue weighted by atomic mass is 32.2. The third-order valence-corrected chi connectivity index (χ3v) is 6.10. The number of nitrogens with one attached hydrogen (secondary N) is 1. The predicted octanol–water partition coefficient (Wildman–Crippen LogP) is 1.79. The van der Waals surface area contributed by atoms with Crippen molar-refractivity contribution in [1.29, 1.82) is 0 Å². The van der Waals surface area contributed by atoms with Crippen LogP contribution >= 0.6 is 22.7 Å². The van der Waals surface area contributed by atoms with Crippen molar-refractivity contribution in [2.75, 3.05) is 6.54 Å². The van der Waals surface area contributed by atoms with Crippen LogP contribution in [-0.4, -0.2) is 15.0 Å². The van der Waals surface area contributed by atoms with Crippen LogP contribution in [0.1, 0.15) is 11.1 Å². The minimum atomic E-state index is -3.39. The maximum Gasteiger partial charge on any atom is 0.250 e. The molecule has 0 aromatic carbocycles. The molecule has 3 N–H and O–H groups in total. The largest absolute Gasteiger partial charge is 0.326 e. The van der Waals surface area contributed by atoms with Gasteiger partial charge in [-0.15, -0.1) is 11.3 Å². The van der Waals surface area contributed by atoms with Crippen molar-refractivity contribution < 1.29 is 8.42 Å². The van der Waals surface area contributed by atoms with E-state index in [4.69, 9.17) is 5.73 Å². The smallest absolute Gasteiger partial charge is 0.250 e. The van der Waals surface area contributed by atoms with Gasteiger partial charge in [-0.05, 0) is 45.8 Å². The third-order valence-electron chi connectivity index (χ3n) is 2.42. The molecule has 2 aromatic rings. The Morgan fingerprint density at radius 2 is 2.11 bits per heavy atom. The van der Waals surface area contributed by atoms with Gasteiger partial charge in [-0.25, -0.2) is 13.1 Å². The van der Waals surface area contributed by atoms with Crippen molar-refractivity contribution in [2.45, 2.75) is 17.2 Å². The molecule has 4 nitrogen and oxygen atoms in total. The van der Waals surface area contributed by atoms with Crippen molar-refractivity contribution in [1.82, 2.24) is 4.72 Å². The van der Waals surface area contributed by atoms with E-state index in [1.54, 1.807) is 22.8 Å². The average Bonchev–Trinajstić information content (AvgIpc) is 2.99. The molecule has 2 rings (SSSR count). The maximum atomic E-state index is 12.0. The van der Waals surface area contributed by atoms with Gasteiger partial charge in [0.1, 0.15) is 4.21 Å². The Morgan fingerprint density at radius 1 is 1.28 bits per heavy atom. The second kappa shape index (κ2) is 5.94. The van der Waals surface area contributed by atoms with E-state index in [9.17, 15) is 8.42 Å². The first-order chi connectivity index (χ1) is 8.62. The van der Waals surface area contributed by atoms with E-state index >= 15 is 0 Å². The van der Waals surface area contributed by atoms with Crippen molar-refractivity contribution in [3.63, 3.8) is 0 Å². The first kappa shape index (κ1) is 13.7. The van der Waals surface area contributed by atoms with Crippen molar-refractivity contribution in [3.05, 3.63) is 39.4 Å². The monoisotopic (exact) mass is 302 g/mol. The van der Waals surface area contributed by atoms with Gasteiger partial charge in [0, 0.05) is 13.1 Å². The summed E-state index contributed by atoms with van der Waals surface area (Å²) in [6, 6.07) is 3.62. The molecule has 0 saturated heterocycles. The minimum absolute atomic E-state index is 0.327. The van der Waals surface area contributed by atoms with Gasteiger partial charge in [-0.3, -0.25) is 0 Å². The predicted molar refractivity (Wildman–Crippen MR) is 75.4 cm³/mol. The van der Waals surface area contributed by atoms with Crippen LogP contribution in [0.5, 0.6) is 0 Å². The molecule has 0 spiro atoms. The lowest BCUT2D eigenvalue weighted by Crippen LogP contribution is -2.25. The minimum Gasteiger partial charge on any atom is -0.326 e. The highest BCUT2D eigenvalue weighted by Crippen LogP contribution is 2.19. The summed E-state index contributed by atoms with van der Waals surface area (Å²) in [6.45, 7) is 0.774. The molecule has 98 valence electrons.